The Kier molecular flexibility index (Phi) is 6.54. The van der Waals surface area contributed by atoms with Crippen LogP contribution >= 0.6 is 0 Å². The molecule has 178 valence electrons. The van der Waals surface area contributed by atoms with Crippen LogP contribution in [-0.4, -0.2) is 71.9 Å². The summed E-state index contributed by atoms with van der Waals surface area (Å²) in [4.78, 5) is 18.3. The predicted molar refractivity (Wildman–Crippen MR) is 132 cm³/mol. The van der Waals surface area contributed by atoms with E-state index in [9.17, 15) is 4.79 Å². The first kappa shape index (κ1) is 22.5. The molecule has 7 nitrogen and oxygen atoms in total. The third-order valence-corrected chi connectivity index (χ3v) is 7.07. The molecule has 0 atom stereocenters. The smallest absolute Gasteiger partial charge is 0.257 e. The summed E-state index contributed by atoms with van der Waals surface area (Å²) in [5.74, 6) is 1.35. The molecular formula is C27H32N4O3. The second kappa shape index (κ2) is 9.89. The fourth-order valence-electron chi connectivity index (χ4n) is 5.17. The molecule has 0 bridgehead atoms. The van der Waals surface area contributed by atoms with E-state index in [0.717, 1.165) is 37.4 Å². The summed E-state index contributed by atoms with van der Waals surface area (Å²) in [6.45, 7) is 3.34. The summed E-state index contributed by atoms with van der Waals surface area (Å²) in [6.07, 6.45) is 7.08. The first-order valence-electron chi connectivity index (χ1n) is 12.1. The number of carbonyl (C=O) groups excluding carboxylic acids is 1. The highest BCUT2D eigenvalue weighted by atomic mass is 16.5. The zero-order valence-electron chi connectivity index (χ0n) is 19.9. The molecule has 1 aliphatic heterocycles. The lowest BCUT2D eigenvalue weighted by atomic mass is 10.0. The van der Waals surface area contributed by atoms with Gasteiger partial charge in [0.2, 0.25) is 0 Å². The number of nitrogens with zero attached hydrogens (tertiary/aromatic N) is 4. The maximum absolute atomic E-state index is 13.8. The summed E-state index contributed by atoms with van der Waals surface area (Å²) in [5.41, 5.74) is 2.81. The van der Waals surface area contributed by atoms with E-state index in [1.807, 2.05) is 59.6 Å². The van der Waals surface area contributed by atoms with Gasteiger partial charge in [-0.05, 0) is 43.2 Å². The number of carbonyl (C=O) groups is 1. The minimum atomic E-state index is 0.00752. The van der Waals surface area contributed by atoms with E-state index in [1.54, 1.807) is 18.9 Å². The van der Waals surface area contributed by atoms with Crippen molar-refractivity contribution in [3.05, 3.63) is 60.3 Å². The van der Waals surface area contributed by atoms with Crippen LogP contribution in [0.5, 0.6) is 11.5 Å². The van der Waals surface area contributed by atoms with Gasteiger partial charge >= 0.3 is 0 Å². The number of piperazine rings is 1. The van der Waals surface area contributed by atoms with Crippen LogP contribution < -0.4 is 9.47 Å². The molecule has 1 saturated heterocycles. The van der Waals surface area contributed by atoms with Crippen molar-refractivity contribution in [3.63, 3.8) is 0 Å². The minimum absolute atomic E-state index is 0.00752. The Bertz CT molecular complexity index is 1130. The first-order chi connectivity index (χ1) is 16.7. The van der Waals surface area contributed by atoms with Gasteiger partial charge in [-0.2, -0.15) is 5.10 Å². The zero-order chi connectivity index (χ0) is 23.5. The number of hydrogen-bond donors (Lipinski definition) is 0. The Hall–Kier alpha value is -3.32. The zero-order valence-corrected chi connectivity index (χ0v) is 19.9. The second-order valence-electron chi connectivity index (χ2n) is 9.00. The normalized spacial score (nSPS) is 17.2. The molecule has 1 saturated carbocycles. The molecule has 2 aromatic carbocycles. The van der Waals surface area contributed by atoms with Crippen molar-refractivity contribution < 1.29 is 14.3 Å². The van der Waals surface area contributed by atoms with Crippen molar-refractivity contribution in [1.29, 1.82) is 0 Å². The standard InChI is InChI=1S/C27H32N4O3/c1-33-22-12-13-25(34-2)23(18-22)26-24(19-31(28-26)21-10-4-3-5-11-21)27(32)30-16-14-29(15-17-30)20-8-6-7-9-20/h3-5,10-13,18-20H,6-9,14-17H2,1-2H3. The van der Waals surface area contributed by atoms with Gasteiger partial charge in [0.15, 0.2) is 0 Å². The fraction of sp³-hybridized carbons (Fsp3) is 0.407. The van der Waals surface area contributed by atoms with Crippen LogP contribution in [0.3, 0.4) is 0 Å². The van der Waals surface area contributed by atoms with Gasteiger partial charge in [0.05, 0.1) is 25.5 Å². The van der Waals surface area contributed by atoms with Crippen molar-refractivity contribution >= 4 is 5.91 Å². The summed E-state index contributed by atoms with van der Waals surface area (Å²) < 4.78 is 12.9. The topological polar surface area (TPSA) is 59.8 Å². The van der Waals surface area contributed by atoms with Crippen molar-refractivity contribution in [1.82, 2.24) is 19.6 Å². The monoisotopic (exact) mass is 460 g/mol. The molecule has 0 unspecified atom stereocenters. The van der Waals surface area contributed by atoms with Crippen LogP contribution in [-0.2, 0) is 0 Å². The van der Waals surface area contributed by atoms with Gasteiger partial charge in [-0.1, -0.05) is 31.0 Å². The van der Waals surface area contributed by atoms with E-state index < -0.39 is 0 Å². The van der Waals surface area contributed by atoms with E-state index in [2.05, 4.69) is 4.90 Å². The molecule has 5 rings (SSSR count). The van der Waals surface area contributed by atoms with Crippen LogP contribution in [0.1, 0.15) is 36.0 Å². The number of hydrogen-bond acceptors (Lipinski definition) is 5. The molecule has 2 fully saturated rings. The molecule has 34 heavy (non-hydrogen) atoms. The lowest BCUT2D eigenvalue weighted by molar-refractivity contribution is 0.0574. The highest BCUT2D eigenvalue weighted by Crippen LogP contribution is 2.35. The molecule has 0 N–H and O–H groups in total. The number of aromatic nitrogens is 2. The Morgan fingerprint density at radius 3 is 2.35 bits per heavy atom. The molecule has 0 spiro atoms. The van der Waals surface area contributed by atoms with Crippen LogP contribution in [0.2, 0.25) is 0 Å². The Morgan fingerprint density at radius 1 is 0.941 bits per heavy atom. The summed E-state index contributed by atoms with van der Waals surface area (Å²) in [7, 11) is 3.26. The number of rotatable bonds is 6. The second-order valence-corrected chi connectivity index (χ2v) is 9.00. The van der Waals surface area contributed by atoms with Crippen molar-refractivity contribution in [2.75, 3.05) is 40.4 Å². The molecule has 2 heterocycles. The molecule has 7 heteroatoms. The average Bonchev–Trinajstić information content (AvgIpc) is 3.59. The average molecular weight is 461 g/mol. The molecule has 1 amide bonds. The van der Waals surface area contributed by atoms with Crippen LogP contribution in [0, 0.1) is 0 Å². The Balaban J connectivity index is 1.49. The van der Waals surface area contributed by atoms with Gasteiger partial charge in [0, 0.05) is 44.0 Å². The number of benzene rings is 2. The lowest BCUT2D eigenvalue weighted by Gasteiger charge is -2.38. The van der Waals surface area contributed by atoms with Crippen LogP contribution in [0.25, 0.3) is 16.9 Å². The summed E-state index contributed by atoms with van der Waals surface area (Å²) in [6, 6.07) is 16.1. The molecular weight excluding hydrogens is 428 g/mol. The van der Waals surface area contributed by atoms with E-state index in [4.69, 9.17) is 14.6 Å². The molecule has 1 aromatic heterocycles. The summed E-state index contributed by atoms with van der Waals surface area (Å²) >= 11 is 0. The highest BCUT2D eigenvalue weighted by Gasteiger charge is 2.31. The van der Waals surface area contributed by atoms with Gasteiger partial charge < -0.3 is 14.4 Å². The third-order valence-electron chi connectivity index (χ3n) is 7.07. The number of methoxy groups -OCH3 is 2. The van der Waals surface area contributed by atoms with Gasteiger partial charge in [0.25, 0.3) is 5.91 Å². The quantitative estimate of drug-likeness (QED) is 0.550. The van der Waals surface area contributed by atoms with Gasteiger partial charge in [-0.3, -0.25) is 9.69 Å². The number of amides is 1. The fourth-order valence-corrected chi connectivity index (χ4v) is 5.17. The largest absolute Gasteiger partial charge is 0.497 e. The maximum atomic E-state index is 13.8. The Morgan fingerprint density at radius 2 is 1.68 bits per heavy atom. The molecule has 0 radical (unpaired) electrons. The van der Waals surface area contributed by atoms with Crippen molar-refractivity contribution in [2.45, 2.75) is 31.7 Å². The minimum Gasteiger partial charge on any atom is -0.497 e. The molecule has 3 aromatic rings. The van der Waals surface area contributed by atoms with Crippen molar-refractivity contribution in [3.8, 4) is 28.4 Å². The van der Waals surface area contributed by atoms with E-state index in [-0.39, 0.29) is 5.91 Å². The van der Waals surface area contributed by atoms with Gasteiger partial charge in [0.1, 0.15) is 17.2 Å². The number of ether oxygens (including phenoxy) is 2. The van der Waals surface area contributed by atoms with E-state index in [1.165, 1.54) is 25.7 Å². The van der Waals surface area contributed by atoms with Gasteiger partial charge in [-0.15, -0.1) is 0 Å². The number of para-hydroxylation sites is 1. The molecule has 2 aliphatic rings. The third kappa shape index (κ3) is 4.40. The first-order valence-corrected chi connectivity index (χ1v) is 12.1. The van der Waals surface area contributed by atoms with Crippen LogP contribution in [0.15, 0.2) is 54.7 Å². The van der Waals surface area contributed by atoms with Crippen molar-refractivity contribution in [2.24, 2.45) is 0 Å². The maximum Gasteiger partial charge on any atom is 0.257 e. The highest BCUT2D eigenvalue weighted by molar-refractivity contribution is 6.00. The molecule has 1 aliphatic carbocycles. The van der Waals surface area contributed by atoms with E-state index in [0.29, 0.717) is 28.8 Å². The van der Waals surface area contributed by atoms with Gasteiger partial charge in [-0.25, -0.2) is 4.68 Å². The lowest BCUT2D eigenvalue weighted by Crippen LogP contribution is -2.51. The summed E-state index contributed by atoms with van der Waals surface area (Å²) in [5, 5.41) is 4.85. The SMILES string of the molecule is COc1ccc(OC)c(-c2nn(-c3ccccc3)cc2C(=O)N2CCN(C3CCCC3)CC2)c1. The van der Waals surface area contributed by atoms with Crippen LogP contribution in [0.4, 0.5) is 0 Å². The predicted octanol–water partition coefficient (Wildman–Crippen LogP) is 4.26. The van der Waals surface area contributed by atoms with E-state index >= 15 is 0 Å². The Labute approximate surface area is 200 Å².